The third-order valence-corrected chi connectivity index (χ3v) is 16.7. The molecule has 0 bridgehead atoms. The highest BCUT2D eigenvalue weighted by Crippen LogP contribution is 2.49. The van der Waals surface area contributed by atoms with Crippen LogP contribution in [0, 0.1) is 6.92 Å². The van der Waals surface area contributed by atoms with Gasteiger partial charge in [-0.1, -0.05) is 218 Å². The van der Waals surface area contributed by atoms with Crippen LogP contribution in [0.25, 0.3) is 95.0 Å². The van der Waals surface area contributed by atoms with E-state index in [-0.39, 0.29) is 6.71 Å². The molecule has 6 nitrogen and oxygen atoms in total. The summed E-state index contributed by atoms with van der Waals surface area (Å²) < 4.78 is 2.43. The molecule has 0 amide bonds. The first-order valence-electron chi connectivity index (χ1n) is 28.4. The van der Waals surface area contributed by atoms with Gasteiger partial charge in [-0.05, 0) is 124 Å². The van der Waals surface area contributed by atoms with Gasteiger partial charge in [0.15, 0.2) is 17.5 Å². The third kappa shape index (κ3) is 8.00. The maximum Gasteiger partial charge on any atom is 0.252 e. The zero-order valence-corrected chi connectivity index (χ0v) is 45.5. The Balaban J connectivity index is 0.900. The molecule has 83 heavy (non-hydrogen) atoms. The highest BCUT2D eigenvalue weighted by atomic mass is 15.2. The minimum Gasteiger partial charge on any atom is -0.311 e. The molecule has 2 aliphatic heterocycles. The van der Waals surface area contributed by atoms with E-state index in [1.54, 1.807) is 0 Å². The molecule has 0 N–H and O–H groups in total. The van der Waals surface area contributed by atoms with Gasteiger partial charge >= 0.3 is 0 Å². The monoisotopic (exact) mass is 1060 g/mol. The number of anilines is 6. The largest absolute Gasteiger partial charge is 0.311 e. The van der Waals surface area contributed by atoms with Crippen molar-refractivity contribution in [2.75, 3.05) is 9.80 Å². The minimum absolute atomic E-state index is 0.00284. The lowest BCUT2D eigenvalue weighted by atomic mass is 9.33. The van der Waals surface area contributed by atoms with Crippen molar-refractivity contribution in [3.05, 3.63) is 297 Å². The Bertz CT molecular complexity index is 4760. The molecule has 0 saturated carbocycles. The topological polar surface area (TPSA) is 50.1 Å². The van der Waals surface area contributed by atoms with Crippen molar-refractivity contribution >= 4 is 79.0 Å². The van der Waals surface area contributed by atoms with Gasteiger partial charge in [0.05, 0.1) is 22.4 Å². The molecule has 2 aliphatic rings. The van der Waals surface area contributed by atoms with E-state index in [1.807, 2.05) is 36.4 Å². The number of aryl methyl sites for hydroxylation is 1. The van der Waals surface area contributed by atoms with Crippen molar-refractivity contribution in [3.63, 3.8) is 0 Å². The summed E-state index contributed by atoms with van der Waals surface area (Å²) in [7, 11) is 0. The molecular formula is C76H51BN6. The third-order valence-electron chi connectivity index (χ3n) is 16.7. The molecule has 0 saturated heterocycles. The summed E-state index contributed by atoms with van der Waals surface area (Å²) in [4.78, 5) is 20.8. The molecule has 0 unspecified atom stereocenters. The number of benzene rings is 12. The second kappa shape index (κ2) is 19.7. The van der Waals surface area contributed by atoms with E-state index in [9.17, 15) is 0 Å². The Hall–Kier alpha value is -10.9. The van der Waals surface area contributed by atoms with E-state index in [2.05, 4.69) is 276 Å². The van der Waals surface area contributed by atoms with Crippen molar-refractivity contribution in [3.8, 4) is 73.2 Å². The van der Waals surface area contributed by atoms with E-state index in [0.717, 1.165) is 78.2 Å². The molecule has 12 aromatic carbocycles. The number of para-hydroxylation sites is 6. The fourth-order valence-corrected chi connectivity index (χ4v) is 13.0. The van der Waals surface area contributed by atoms with Crippen LogP contribution < -0.4 is 26.2 Å². The first kappa shape index (κ1) is 48.1. The van der Waals surface area contributed by atoms with Crippen molar-refractivity contribution in [2.45, 2.75) is 6.92 Å². The summed E-state index contributed by atoms with van der Waals surface area (Å²) in [6, 6.07) is 105. The van der Waals surface area contributed by atoms with E-state index in [0.29, 0.717) is 17.5 Å². The molecule has 7 heteroatoms. The number of hydrogen-bond donors (Lipinski definition) is 0. The average molecular weight is 1060 g/mol. The molecule has 0 aliphatic carbocycles. The van der Waals surface area contributed by atoms with Crippen molar-refractivity contribution < 1.29 is 0 Å². The van der Waals surface area contributed by atoms with E-state index in [1.165, 1.54) is 55.5 Å². The van der Waals surface area contributed by atoms with E-state index < -0.39 is 0 Å². The summed E-state index contributed by atoms with van der Waals surface area (Å²) in [6.45, 7) is 2.17. The van der Waals surface area contributed by atoms with Crippen LogP contribution in [0.5, 0.6) is 0 Å². The first-order valence-corrected chi connectivity index (χ1v) is 28.4. The summed E-state index contributed by atoms with van der Waals surface area (Å²) in [6.07, 6.45) is 0. The molecular weight excluding hydrogens is 1010 g/mol. The zero-order chi connectivity index (χ0) is 55.0. The van der Waals surface area contributed by atoms with Crippen LogP contribution in [-0.2, 0) is 0 Å². The predicted octanol–water partition coefficient (Wildman–Crippen LogP) is 17.4. The van der Waals surface area contributed by atoms with Gasteiger partial charge in [-0.15, -0.1) is 0 Å². The molecule has 16 rings (SSSR count). The average Bonchev–Trinajstić information content (AvgIpc) is 3.38. The lowest BCUT2D eigenvalue weighted by Gasteiger charge is -2.45. The van der Waals surface area contributed by atoms with Gasteiger partial charge in [-0.25, -0.2) is 15.0 Å². The molecule has 0 radical (unpaired) electrons. The standard InChI is InChI=1S/C76H51BN6/c1-50-43-45-67-63(47-50)61-35-14-17-40-66(61)83(67)72-59(36-22-37-62(72)76-79-74(51-23-6-2-7-24-51)78-75(80-76)52-25-8-3-9-26-52)55-29-20-27-53(48-55)54-28-21-30-56(49-54)60-44-46-70-71-73(60)82(58-33-12-5-13-34-58)69-42-19-16-39-65(69)77(71)64-38-15-18-41-68(64)81(70)57-31-10-4-11-32-57/h2-49H,1H3. The lowest BCUT2D eigenvalue weighted by Crippen LogP contribution is -2.61. The minimum atomic E-state index is 0.00284. The Morgan fingerprint density at radius 2 is 0.771 bits per heavy atom. The quantitative estimate of drug-likeness (QED) is 0.135. The van der Waals surface area contributed by atoms with Crippen LogP contribution in [-0.4, -0.2) is 26.2 Å². The van der Waals surface area contributed by atoms with Gasteiger partial charge in [-0.2, -0.15) is 0 Å². The van der Waals surface area contributed by atoms with E-state index >= 15 is 0 Å². The summed E-state index contributed by atoms with van der Waals surface area (Å²) in [5.41, 5.74) is 24.6. The van der Waals surface area contributed by atoms with Crippen molar-refractivity contribution in [1.82, 2.24) is 19.5 Å². The van der Waals surface area contributed by atoms with Crippen molar-refractivity contribution in [2.24, 2.45) is 0 Å². The molecule has 4 heterocycles. The van der Waals surface area contributed by atoms with Gasteiger partial charge in [0, 0.05) is 67.0 Å². The van der Waals surface area contributed by atoms with Crippen LogP contribution in [0.15, 0.2) is 291 Å². The van der Waals surface area contributed by atoms with Crippen LogP contribution >= 0.6 is 0 Å². The smallest absolute Gasteiger partial charge is 0.252 e. The predicted molar refractivity (Wildman–Crippen MR) is 346 cm³/mol. The van der Waals surface area contributed by atoms with E-state index in [4.69, 9.17) is 15.0 Å². The number of fused-ring (bicyclic) bond motifs is 7. The van der Waals surface area contributed by atoms with Crippen LogP contribution in [0.4, 0.5) is 34.1 Å². The fourth-order valence-electron chi connectivity index (χ4n) is 13.0. The highest BCUT2D eigenvalue weighted by Gasteiger charge is 2.44. The number of aromatic nitrogens is 4. The maximum absolute atomic E-state index is 5.36. The highest BCUT2D eigenvalue weighted by molar-refractivity contribution is 7.00. The Morgan fingerprint density at radius 3 is 1.41 bits per heavy atom. The number of nitrogens with zero attached hydrogens (tertiary/aromatic N) is 6. The summed E-state index contributed by atoms with van der Waals surface area (Å²) in [5, 5.41) is 2.37. The van der Waals surface area contributed by atoms with Gasteiger partial charge in [0.2, 0.25) is 0 Å². The molecule has 0 spiro atoms. The molecule has 0 atom stereocenters. The Kier molecular flexibility index (Phi) is 11.4. The van der Waals surface area contributed by atoms with Gasteiger partial charge in [-0.3, -0.25) is 0 Å². The Labute approximate surface area is 482 Å². The number of hydrogen-bond acceptors (Lipinski definition) is 5. The first-order chi connectivity index (χ1) is 41.1. The second-order valence-corrected chi connectivity index (χ2v) is 21.6. The van der Waals surface area contributed by atoms with Gasteiger partial charge in [0.1, 0.15) is 0 Å². The lowest BCUT2D eigenvalue weighted by molar-refractivity contribution is 1.06. The maximum atomic E-state index is 5.36. The molecule has 388 valence electrons. The zero-order valence-electron chi connectivity index (χ0n) is 45.5. The summed E-state index contributed by atoms with van der Waals surface area (Å²) >= 11 is 0. The number of rotatable bonds is 9. The van der Waals surface area contributed by atoms with Gasteiger partial charge in [0.25, 0.3) is 6.71 Å². The van der Waals surface area contributed by atoms with Crippen LogP contribution in [0.2, 0.25) is 0 Å². The molecule has 2 aromatic heterocycles. The molecule has 14 aromatic rings. The SMILES string of the molecule is Cc1ccc2c(c1)c1ccccc1n2-c1c(-c2cccc(-c3cccc(-c4ccc5c6c4N(c4ccccc4)c4ccccc4B6c4ccccc4N5c4ccccc4)c3)c2)cccc1-c1nc(-c2ccccc2)nc(-c2ccccc2)n1. The Morgan fingerprint density at radius 1 is 0.301 bits per heavy atom. The fraction of sp³-hybridized carbons (Fsp3) is 0.0132. The van der Waals surface area contributed by atoms with Crippen molar-refractivity contribution in [1.29, 1.82) is 0 Å². The van der Waals surface area contributed by atoms with Crippen LogP contribution in [0.3, 0.4) is 0 Å². The second-order valence-electron chi connectivity index (χ2n) is 21.6. The van der Waals surface area contributed by atoms with Gasteiger partial charge < -0.3 is 14.4 Å². The van der Waals surface area contributed by atoms with Crippen LogP contribution in [0.1, 0.15) is 5.56 Å². The normalized spacial score (nSPS) is 12.3. The summed E-state index contributed by atoms with van der Waals surface area (Å²) in [5.74, 6) is 1.82. The molecule has 0 fully saturated rings.